The van der Waals surface area contributed by atoms with Gasteiger partial charge in [0.15, 0.2) is 5.75 Å². The summed E-state index contributed by atoms with van der Waals surface area (Å²) >= 11 is 5.08. The quantitative estimate of drug-likeness (QED) is 0.684. The molecule has 0 aliphatic heterocycles. The first-order valence-corrected chi connectivity index (χ1v) is 8.11. The van der Waals surface area contributed by atoms with E-state index in [1.807, 2.05) is 42.0 Å². The highest BCUT2D eigenvalue weighted by atomic mass is 32.1. The Kier molecular flexibility index (Phi) is 4.67. The van der Waals surface area contributed by atoms with E-state index in [1.54, 1.807) is 13.2 Å². The van der Waals surface area contributed by atoms with Crippen LogP contribution >= 0.6 is 12.2 Å². The Morgan fingerprint density at radius 2 is 1.54 bits per heavy atom. The lowest BCUT2D eigenvalue weighted by Crippen LogP contribution is -2.04. The van der Waals surface area contributed by atoms with Gasteiger partial charge in [-0.2, -0.15) is 0 Å². The highest BCUT2D eigenvalue weighted by Gasteiger charge is 2.04. The zero-order chi connectivity index (χ0) is 17.1. The number of benzene rings is 2. The van der Waals surface area contributed by atoms with E-state index in [4.69, 9.17) is 17.0 Å². The minimum atomic E-state index is 0.183. The molecule has 0 unspecified atom stereocenters. The van der Waals surface area contributed by atoms with Crippen molar-refractivity contribution in [2.75, 3.05) is 7.11 Å². The first kappa shape index (κ1) is 16.3. The van der Waals surface area contributed by atoms with Crippen LogP contribution in [0.5, 0.6) is 11.5 Å². The molecule has 3 rings (SSSR count). The molecule has 2 aromatic carbocycles. The number of ether oxygens (including phenoxy) is 1. The van der Waals surface area contributed by atoms with Crippen LogP contribution < -0.4 is 4.74 Å². The van der Waals surface area contributed by atoms with E-state index in [0.29, 0.717) is 11.1 Å². The lowest BCUT2D eigenvalue weighted by atomic mass is 10.0. The summed E-state index contributed by atoms with van der Waals surface area (Å²) in [6.45, 7) is 2.56. The van der Waals surface area contributed by atoms with Crippen LogP contribution in [0.2, 0.25) is 0 Å². The van der Waals surface area contributed by atoms with Crippen LogP contribution in [0, 0.1) is 11.4 Å². The van der Waals surface area contributed by atoms with E-state index in [2.05, 4.69) is 24.3 Å². The Hall–Kier alpha value is -2.59. The average Bonchev–Trinajstić information content (AvgIpc) is 2.63. The van der Waals surface area contributed by atoms with Crippen molar-refractivity contribution in [1.82, 2.24) is 4.57 Å². The van der Waals surface area contributed by atoms with Gasteiger partial charge in [0, 0.05) is 12.7 Å². The number of methoxy groups -OCH3 is 1. The third-order valence-corrected chi connectivity index (χ3v) is 4.47. The molecule has 0 fully saturated rings. The summed E-state index contributed by atoms with van der Waals surface area (Å²) in [5, 5.41) is 9.97. The summed E-state index contributed by atoms with van der Waals surface area (Å²) in [5.41, 5.74) is 4.25. The van der Waals surface area contributed by atoms with E-state index < -0.39 is 0 Å². The van der Waals surface area contributed by atoms with Crippen LogP contribution in [0.1, 0.15) is 11.3 Å². The van der Waals surface area contributed by atoms with Crippen LogP contribution in [0.3, 0.4) is 0 Å². The number of aromatic nitrogens is 1. The second kappa shape index (κ2) is 6.89. The second-order valence-corrected chi connectivity index (χ2v) is 6.11. The van der Waals surface area contributed by atoms with Crippen LogP contribution in [0.25, 0.3) is 11.1 Å². The summed E-state index contributed by atoms with van der Waals surface area (Å²) in [6, 6.07) is 18.2. The van der Waals surface area contributed by atoms with Gasteiger partial charge in [0.05, 0.1) is 17.3 Å². The topological polar surface area (TPSA) is 34.4 Å². The van der Waals surface area contributed by atoms with Gasteiger partial charge in [-0.3, -0.25) is 0 Å². The molecule has 0 saturated heterocycles. The molecule has 0 saturated carbocycles. The van der Waals surface area contributed by atoms with Crippen molar-refractivity contribution in [2.24, 2.45) is 0 Å². The zero-order valence-corrected chi connectivity index (χ0v) is 14.5. The molecule has 0 amide bonds. The van der Waals surface area contributed by atoms with Crippen LogP contribution in [0.4, 0.5) is 0 Å². The van der Waals surface area contributed by atoms with Crippen LogP contribution in [0.15, 0.2) is 60.8 Å². The van der Waals surface area contributed by atoms with Gasteiger partial charge in [0.2, 0.25) is 0 Å². The molecular formula is C20H19NO2S. The summed E-state index contributed by atoms with van der Waals surface area (Å²) in [7, 11) is 1.67. The van der Waals surface area contributed by atoms with Gasteiger partial charge in [0.1, 0.15) is 5.75 Å². The van der Waals surface area contributed by atoms with Gasteiger partial charge in [-0.1, -0.05) is 48.6 Å². The fourth-order valence-electron chi connectivity index (χ4n) is 2.62. The van der Waals surface area contributed by atoms with Gasteiger partial charge in [0.25, 0.3) is 0 Å². The molecule has 0 spiro atoms. The summed E-state index contributed by atoms with van der Waals surface area (Å²) < 4.78 is 7.67. The molecule has 1 aromatic heterocycles. The van der Waals surface area contributed by atoms with Crippen molar-refractivity contribution >= 4 is 12.2 Å². The van der Waals surface area contributed by atoms with Gasteiger partial charge < -0.3 is 14.4 Å². The summed E-state index contributed by atoms with van der Waals surface area (Å²) in [5.74, 6) is 1.04. The first-order valence-electron chi connectivity index (χ1n) is 7.71. The molecule has 24 heavy (non-hydrogen) atoms. The van der Waals surface area contributed by atoms with E-state index in [9.17, 15) is 5.11 Å². The number of pyridine rings is 1. The first-order chi connectivity index (χ1) is 11.6. The van der Waals surface area contributed by atoms with Crippen molar-refractivity contribution in [3.8, 4) is 22.6 Å². The number of hydrogen-bond acceptors (Lipinski definition) is 3. The third kappa shape index (κ3) is 3.34. The highest BCUT2D eigenvalue weighted by Crippen LogP contribution is 2.23. The monoisotopic (exact) mass is 337 g/mol. The zero-order valence-electron chi connectivity index (χ0n) is 13.7. The standard InChI is InChI=1S/C20H19NO2S/c1-14-20(22)19(24)11-12-21(14)13-15-3-5-16(6-4-15)17-7-9-18(23-2)10-8-17/h3-12,22H,13H2,1-2H3. The van der Waals surface area contributed by atoms with Gasteiger partial charge in [-0.25, -0.2) is 0 Å². The maximum absolute atomic E-state index is 9.97. The average molecular weight is 337 g/mol. The Labute approximate surface area is 146 Å². The lowest BCUT2D eigenvalue weighted by molar-refractivity contribution is 0.415. The molecule has 3 aromatic rings. The molecule has 0 bridgehead atoms. The Morgan fingerprint density at radius 3 is 2.12 bits per heavy atom. The molecule has 0 radical (unpaired) electrons. The largest absolute Gasteiger partial charge is 0.505 e. The van der Waals surface area contributed by atoms with Gasteiger partial charge in [-0.15, -0.1) is 0 Å². The van der Waals surface area contributed by atoms with Crippen LogP contribution in [-0.2, 0) is 6.54 Å². The van der Waals surface area contributed by atoms with E-state index in [-0.39, 0.29) is 5.75 Å². The van der Waals surface area contributed by atoms with Gasteiger partial charge in [-0.05, 0) is 41.8 Å². The predicted octanol–water partition coefficient (Wildman–Crippen LogP) is 4.96. The maximum Gasteiger partial charge on any atom is 0.152 e. The summed E-state index contributed by atoms with van der Waals surface area (Å²) in [6.07, 6.45) is 1.91. The van der Waals surface area contributed by atoms with Crippen molar-refractivity contribution in [2.45, 2.75) is 13.5 Å². The number of hydrogen-bond donors (Lipinski definition) is 1. The number of nitrogens with zero attached hydrogens (tertiary/aromatic N) is 1. The SMILES string of the molecule is COc1ccc(-c2ccc(Cn3ccc(=S)c(O)c3C)cc2)cc1. The predicted molar refractivity (Wildman–Crippen MR) is 99.2 cm³/mol. The minimum absolute atomic E-state index is 0.183. The van der Waals surface area contributed by atoms with Crippen molar-refractivity contribution in [3.05, 3.63) is 76.6 Å². The molecule has 0 aliphatic rings. The molecule has 1 heterocycles. The minimum Gasteiger partial charge on any atom is -0.505 e. The van der Waals surface area contributed by atoms with Crippen molar-refractivity contribution < 1.29 is 9.84 Å². The molecule has 3 nitrogen and oxygen atoms in total. The number of aromatic hydroxyl groups is 1. The molecular weight excluding hydrogens is 318 g/mol. The third-order valence-electron chi connectivity index (χ3n) is 4.14. The van der Waals surface area contributed by atoms with E-state index >= 15 is 0 Å². The Balaban J connectivity index is 1.82. The Morgan fingerprint density at radius 1 is 0.958 bits per heavy atom. The molecule has 0 atom stereocenters. The second-order valence-electron chi connectivity index (χ2n) is 5.67. The summed E-state index contributed by atoms with van der Waals surface area (Å²) in [4.78, 5) is 0. The lowest BCUT2D eigenvalue weighted by Gasteiger charge is -2.12. The molecule has 0 aliphatic carbocycles. The van der Waals surface area contributed by atoms with E-state index in [1.165, 1.54) is 0 Å². The highest BCUT2D eigenvalue weighted by molar-refractivity contribution is 7.71. The molecule has 122 valence electrons. The van der Waals surface area contributed by atoms with Crippen molar-refractivity contribution in [1.29, 1.82) is 0 Å². The fraction of sp³-hybridized carbons (Fsp3) is 0.150. The van der Waals surface area contributed by atoms with Gasteiger partial charge >= 0.3 is 0 Å². The smallest absolute Gasteiger partial charge is 0.152 e. The van der Waals surface area contributed by atoms with E-state index in [0.717, 1.165) is 28.1 Å². The maximum atomic E-state index is 9.97. The Bertz CT molecular complexity index is 896. The van der Waals surface area contributed by atoms with Crippen molar-refractivity contribution in [3.63, 3.8) is 0 Å². The number of rotatable bonds is 4. The molecule has 4 heteroatoms. The normalized spacial score (nSPS) is 10.6. The molecule has 1 N–H and O–H groups in total. The fourth-order valence-corrected chi connectivity index (χ4v) is 2.83. The van der Waals surface area contributed by atoms with Crippen LogP contribution in [-0.4, -0.2) is 16.8 Å².